The predicted octanol–water partition coefficient (Wildman–Crippen LogP) is 5.81. The zero-order chi connectivity index (χ0) is 16.3. The highest BCUT2D eigenvalue weighted by Gasteiger charge is 1.94. The van der Waals surface area contributed by atoms with Gasteiger partial charge in [0.2, 0.25) is 0 Å². The Morgan fingerprint density at radius 2 is 1.59 bits per heavy atom. The number of allylic oxidation sites excluding steroid dienone is 2. The maximum absolute atomic E-state index is 10.6. The van der Waals surface area contributed by atoms with Gasteiger partial charge < -0.3 is 4.74 Å². The lowest BCUT2D eigenvalue weighted by Gasteiger charge is -2.02. The Hall–Kier alpha value is -1.23. The van der Waals surface area contributed by atoms with E-state index in [1.165, 1.54) is 64.7 Å². The largest absolute Gasteiger partial charge is 0.466 e. The zero-order valence-electron chi connectivity index (χ0n) is 14.7. The van der Waals surface area contributed by atoms with Crippen LogP contribution in [0.3, 0.4) is 0 Å². The SMILES string of the molecule is CCCC/C=C/C#CCCCCCCCCCCOC(C)=O. The molecule has 0 atom stereocenters. The summed E-state index contributed by atoms with van der Waals surface area (Å²) in [7, 11) is 0. The van der Waals surface area contributed by atoms with Gasteiger partial charge in [0.05, 0.1) is 6.61 Å². The van der Waals surface area contributed by atoms with Gasteiger partial charge in [-0.3, -0.25) is 4.79 Å². The minimum atomic E-state index is -0.167. The molecular formula is C20H34O2. The minimum Gasteiger partial charge on any atom is -0.466 e. The number of hydrogen-bond acceptors (Lipinski definition) is 2. The van der Waals surface area contributed by atoms with Crippen molar-refractivity contribution < 1.29 is 9.53 Å². The maximum Gasteiger partial charge on any atom is 0.302 e. The molecule has 0 unspecified atom stereocenters. The summed E-state index contributed by atoms with van der Waals surface area (Å²) in [5.74, 6) is 6.17. The molecule has 0 radical (unpaired) electrons. The second kappa shape index (κ2) is 17.8. The van der Waals surface area contributed by atoms with E-state index in [4.69, 9.17) is 4.74 Å². The van der Waals surface area contributed by atoms with Crippen molar-refractivity contribution in [2.75, 3.05) is 6.61 Å². The zero-order valence-corrected chi connectivity index (χ0v) is 14.7. The molecule has 0 aliphatic carbocycles. The lowest BCUT2D eigenvalue weighted by Crippen LogP contribution is -2.00. The second-order valence-corrected chi connectivity index (χ2v) is 5.78. The van der Waals surface area contributed by atoms with Crippen LogP contribution < -0.4 is 0 Å². The molecule has 0 aromatic heterocycles. The monoisotopic (exact) mass is 306 g/mol. The van der Waals surface area contributed by atoms with E-state index in [-0.39, 0.29) is 5.97 Å². The van der Waals surface area contributed by atoms with Crippen molar-refractivity contribution >= 4 is 5.97 Å². The molecule has 0 saturated carbocycles. The maximum atomic E-state index is 10.6. The van der Waals surface area contributed by atoms with Crippen LogP contribution in [0.4, 0.5) is 0 Å². The van der Waals surface area contributed by atoms with Crippen molar-refractivity contribution in [3.8, 4) is 11.8 Å². The van der Waals surface area contributed by atoms with Gasteiger partial charge in [-0.2, -0.15) is 0 Å². The molecule has 126 valence electrons. The van der Waals surface area contributed by atoms with Crippen molar-refractivity contribution in [2.45, 2.75) is 90.9 Å². The van der Waals surface area contributed by atoms with Crippen molar-refractivity contribution in [3.05, 3.63) is 12.2 Å². The number of carbonyl (C=O) groups is 1. The fourth-order valence-electron chi connectivity index (χ4n) is 2.19. The molecular weight excluding hydrogens is 272 g/mol. The Bertz CT molecular complexity index is 333. The van der Waals surface area contributed by atoms with Gasteiger partial charge >= 0.3 is 5.97 Å². The summed E-state index contributed by atoms with van der Waals surface area (Å²) in [5, 5.41) is 0. The summed E-state index contributed by atoms with van der Waals surface area (Å²) in [6.07, 6.45) is 18.8. The van der Waals surface area contributed by atoms with Crippen LogP contribution in [0.15, 0.2) is 12.2 Å². The molecule has 0 heterocycles. The molecule has 22 heavy (non-hydrogen) atoms. The molecule has 0 aromatic carbocycles. The van der Waals surface area contributed by atoms with E-state index in [9.17, 15) is 4.79 Å². The van der Waals surface area contributed by atoms with Crippen molar-refractivity contribution in [2.24, 2.45) is 0 Å². The smallest absolute Gasteiger partial charge is 0.302 e. The number of unbranched alkanes of at least 4 members (excludes halogenated alkanes) is 10. The third-order valence-corrected chi connectivity index (χ3v) is 3.53. The first kappa shape index (κ1) is 20.8. The summed E-state index contributed by atoms with van der Waals surface area (Å²) in [4.78, 5) is 10.6. The molecule has 0 aliphatic rings. The van der Waals surface area contributed by atoms with Crippen molar-refractivity contribution in [1.29, 1.82) is 0 Å². The van der Waals surface area contributed by atoms with E-state index in [1.807, 2.05) is 6.08 Å². The lowest BCUT2D eigenvalue weighted by molar-refractivity contribution is -0.141. The molecule has 0 aliphatic heterocycles. The van der Waals surface area contributed by atoms with Gasteiger partial charge in [0.1, 0.15) is 0 Å². The quantitative estimate of drug-likeness (QED) is 0.244. The van der Waals surface area contributed by atoms with E-state index in [0.717, 1.165) is 19.3 Å². The average molecular weight is 306 g/mol. The van der Waals surface area contributed by atoms with E-state index in [1.54, 1.807) is 0 Å². The Labute approximate surface area is 137 Å². The van der Waals surface area contributed by atoms with E-state index >= 15 is 0 Å². The molecule has 0 aromatic rings. The first-order chi connectivity index (χ1) is 10.8. The van der Waals surface area contributed by atoms with E-state index in [2.05, 4.69) is 24.8 Å². The van der Waals surface area contributed by atoms with E-state index in [0.29, 0.717) is 6.61 Å². The van der Waals surface area contributed by atoms with Gasteiger partial charge in [0, 0.05) is 13.3 Å². The number of carbonyl (C=O) groups excluding carboxylic acids is 1. The predicted molar refractivity (Wildman–Crippen MR) is 94.6 cm³/mol. The van der Waals surface area contributed by atoms with Crippen molar-refractivity contribution in [3.63, 3.8) is 0 Å². The molecule has 0 spiro atoms. The Kier molecular flexibility index (Phi) is 16.8. The molecule has 0 bridgehead atoms. The third-order valence-electron chi connectivity index (χ3n) is 3.53. The summed E-state index contributed by atoms with van der Waals surface area (Å²) in [6.45, 7) is 4.26. The van der Waals surface area contributed by atoms with Crippen LogP contribution in [0.1, 0.15) is 90.9 Å². The van der Waals surface area contributed by atoms with Crippen LogP contribution in [0, 0.1) is 11.8 Å². The lowest BCUT2D eigenvalue weighted by atomic mass is 10.1. The molecule has 0 N–H and O–H groups in total. The Balaban J connectivity index is 3.16. The summed E-state index contributed by atoms with van der Waals surface area (Å²) in [5.41, 5.74) is 0. The first-order valence-corrected chi connectivity index (χ1v) is 9.04. The highest BCUT2D eigenvalue weighted by atomic mass is 16.5. The molecule has 0 saturated heterocycles. The normalized spacial score (nSPS) is 10.5. The molecule has 0 rings (SSSR count). The molecule has 2 nitrogen and oxygen atoms in total. The van der Waals surface area contributed by atoms with E-state index < -0.39 is 0 Å². The van der Waals surface area contributed by atoms with Crippen LogP contribution in [-0.2, 0) is 9.53 Å². The number of ether oxygens (including phenoxy) is 1. The van der Waals surface area contributed by atoms with Crippen LogP contribution in [0.5, 0.6) is 0 Å². The number of hydrogen-bond donors (Lipinski definition) is 0. The Morgan fingerprint density at radius 1 is 0.955 bits per heavy atom. The van der Waals surface area contributed by atoms with Crippen LogP contribution in [0.2, 0.25) is 0 Å². The topological polar surface area (TPSA) is 26.3 Å². The standard InChI is InChI=1S/C20H34O2/c1-3-4-5-6-7-8-9-10-11-12-13-14-15-16-17-18-19-22-20(2)21/h6-7H,3-5,10-19H2,1-2H3/b7-6+. The van der Waals surface area contributed by atoms with Gasteiger partial charge in [0.15, 0.2) is 0 Å². The van der Waals surface area contributed by atoms with Gasteiger partial charge in [0.25, 0.3) is 0 Å². The molecule has 0 amide bonds. The summed E-state index contributed by atoms with van der Waals surface area (Å²) in [6, 6.07) is 0. The fraction of sp³-hybridized carbons (Fsp3) is 0.750. The number of esters is 1. The van der Waals surface area contributed by atoms with Gasteiger partial charge in [-0.1, -0.05) is 76.2 Å². The van der Waals surface area contributed by atoms with Gasteiger partial charge in [-0.15, -0.1) is 0 Å². The number of rotatable bonds is 13. The fourth-order valence-corrected chi connectivity index (χ4v) is 2.19. The average Bonchev–Trinajstić information content (AvgIpc) is 2.50. The van der Waals surface area contributed by atoms with Crippen LogP contribution >= 0.6 is 0 Å². The van der Waals surface area contributed by atoms with Gasteiger partial charge in [-0.25, -0.2) is 0 Å². The minimum absolute atomic E-state index is 0.167. The van der Waals surface area contributed by atoms with Gasteiger partial charge in [-0.05, 0) is 25.3 Å². The first-order valence-electron chi connectivity index (χ1n) is 9.04. The third kappa shape index (κ3) is 18.8. The Morgan fingerprint density at radius 3 is 2.23 bits per heavy atom. The van der Waals surface area contributed by atoms with Crippen molar-refractivity contribution in [1.82, 2.24) is 0 Å². The summed E-state index contributed by atoms with van der Waals surface area (Å²) < 4.78 is 4.90. The molecule has 2 heteroatoms. The second-order valence-electron chi connectivity index (χ2n) is 5.78. The van der Waals surface area contributed by atoms with Crippen LogP contribution in [0.25, 0.3) is 0 Å². The van der Waals surface area contributed by atoms with Crippen LogP contribution in [-0.4, -0.2) is 12.6 Å². The highest BCUT2D eigenvalue weighted by molar-refractivity contribution is 5.65. The highest BCUT2D eigenvalue weighted by Crippen LogP contribution is 2.09. The molecule has 0 fully saturated rings. The summed E-state index contributed by atoms with van der Waals surface area (Å²) >= 11 is 0.